The molecule has 0 spiro atoms. The van der Waals surface area contributed by atoms with Crippen LogP contribution >= 0.6 is 0 Å². The number of benzene rings is 2. The van der Waals surface area contributed by atoms with Gasteiger partial charge in [-0.05, 0) is 55.3 Å². The molecule has 0 atom stereocenters. The summed E-state index contributed by atoms with van der Waals surface area (Å²) in [5.74, 6) is -2.24. The Bertz CT molecular complexity index is 861. The molecule has 0 fully saturated rings. The van der Waals surface area contributed by atoms with Gasteiger partial charge in [0.1, 0.15) is 5.82 Å². The third kappa shape index (κ3) is 4.94. The van der Waals surface area contributed by atoms with E-state index in [1.807, 2.05) is 0 Å². The van der Waals surface area contributed by atoms with Crippen LogP contribution < -0.4 is 10.6 Å². The average Bonchev–Trinajstić information content (AvgIpc) is 2.69. The fraction of sp³-hybridized carbons (Fsp3) is 0.286. The first-order valence-electron chi connectivity index (χ1n) is 9.00. The van der Waals surface area contributed by atoms with Gasteiger partial charge in [-0.2, -0.15) is 0 Å². The number of nitrogens with one attached hydrogen (secondary N) is 2. The van der Waals surface area contributed by atoms with Gasteiger partial charge in [-0.3, -0.25) is 14.4 Å². The maximum Gasteiger partial charge on any atom is 0.311 e. The maximum atomic E-state index is 13.0. The standard InChI is InChI=1S/C21H23FN2O4/c1-3-21(4-2,20(27)28)13-23-18(25)15-6-5-7-17(12-15)24-19(26)14-8-10-16(22)11-9-14/h5-12H,3-4,13H2,1-2H3,(H,23,25)(H,24,26)(H,27,28). The van der Waals surface area contributed by atoms with E-state index in [9.17, 15) is 23.9 Å². The average molecular weight is 386 g/mol. The molecule has 6 nitrogen and oxygen atoms in total. The highest BCUT2D eigenvalue weighted by molar-refractivity contribution is 6.05. The smallest absolute Gasteiger partial charge is 0.311 e. The van der Waals surface area contributed by atoms with Crippen LogP contribution in [0.1, 0.15) is 47.4 Å². The topological polar surface area (TPSA) is 95.5 Å². The van der Waals surface area contributed by atoms with Crippen molar-refractivity contribution in [3.63, 3.8) is 0 Å². The van der Waals surface area contributed by atoms with Crippen LogP contribution in [0.25, 0.3) is 0 Å². The molecule has 3 N–H and O–H groups in total. The SMILES string of the molecule is CCC(CC)(CNC(=O)c1cccc(NC(=O)c2ccc(F)cc2)c1)C(=O)O. The van der Waals surface area contributed by atoms with Crippen molar-refractivity contribution >= 4 is 23.5 Å². The molecule has 2 aromatic carbocycles. The summed E-state index contributed by atoms with van der Waals surface area (Å²) in [6.07, 6.45) is 0.791. The van der Waals surface area contributed by atoms with E-state index in [-0.39, 0.29) is 12.1 Å². The Kier molecular flexibility index (Phi) is 6.87. The number of rotatable bonds is 8. The summed E-state index contributed by atoms with van der Waals surface area (Å²) >= 11 is 0. The number of aliphatic carboxylic acids is 1. The first-order chi connectivity index (χ1) is 13.3. The molecule has 0 radical (unpaired) electrons. The third-order valence-corrected chi connectivity index (χ3v) is 4.88. The van der Waals surface area contributed by atoms with E-state index >= 15 is 0 Å². The normalized spacial score (nSPS) is 11.0. The lowest BCUT2D eigenvalue weighted by Gasteiger charge is -2.26. The van der Waals surface area contributed by atoms with Crippen LogP contribution in [0.2, 0.25) is 0 Å². The van der Waals surface area contributed by atoms with E-state index in [0.29, 0.717) is 24.1 Å². The van der Waals surface area contributed by atoms with Gasteiger partial charge in [0.15, 0.2) is 0 Å². The monoisotopic (exact) mass is 386 g/mol. The van der Waals surface area contributed by atoms with Crippen molar-refractivity contribution in [2.24, 2.45) is 5.41 Å². The Morgan fingerprint density at radius 1 is 0.964 bits per heavy atom. The number of carbonyl (C=O) groups excluding carboxylic acids is 2. The van der Waals surface area contributed by atoms with Crippen molar-refractivity contribution < 1.29 is 23.9 Å². The number of anilines is 1. The van der Waals surface area contributed by atoms with Gasteiger partial charge in [-0.1, -0.05) is 19.9 Å². The van der Waals surface area contributed by atoms with Gasteiger partial charge in [-0.25, -0.2) is 4.39 Å². The fourth-order valence-electron chi connectivity index (χ4n) is 2.77. The lowest BCUT2D eigenvalue weighted by Crippen LogP contribution is -2.42. The molecular weight excluding hydrogens is 363 g/mol. The van der Waals surface area contributed by atoms with Crippen molar-refractivity contribution in [3.8, 4) is 0 Å². The summed E-state index contributed by atoms with van der Waals surface area (Å²) in [5.41, 5.74) is -0.0291. The van der Waals surface area contributed by atoms with Crippen LogP contribution in [0.3, 0.4) is 0 Å². The van der Waals surface area contributed by atoms with Gasteiger partial charge in [0, 0.05) is 23.4 Å². The summed E-state index contributed by atoms with van der Waals surface area (Å²) in [6.45, 7) is 3.56. The molecule has 0 aliphatic heterocycles. The van der Waals surface area contributed by atoms with Gasteiger partial charge >= 0.3 is 5.97 Å². The van der Waals surface area contributed by atoms with Gasteiger partial charge in [0.2, 0.25) is 0 Å². The van der Waals surface area contributed by atoms with E-state index in [1.54, 1.807) is 32.0 Å². The second kappa shape index (κ2) is 9.12. The van der Waals surface area contributed by atoms with E-state index in [1.165, 1.54) is 30.3 Å². The van der Waals surface area contributed by atoms with Crippen LogP contribution in [-0.2, 0) is 4.79 Å². The highest BCUT2D eigenvalue weighted by Gasteiger charge is 2.35. The molecule has 148 valence electrons. The van der Waals surface area contributed by atoms with Gasteiger partial charge in [-0.15, -0.1) is 0 Å². The minimum absolute atomic E-state index is 0.0142. The lowest BCUT2D eigenvalue weighted by atomic mass is 9.82. The number of carboxylic acid groups (broad SMARTS) is 1. The van der Waals surface area contributed by atoms with E-state index in [2.05, 4.69) is 10.6 Å². The first kappa shape index (κ1) is 21.1. The lowest BCUT2D eigenvalue weighted by molar-refractivity contribution is -0.149. The van der Waals surface area contributed by atoms with Crippen molar-refractivity contribution in [2.45, 2.75) is 26.7 Å². The van der Waals surface area contributed by atoms with E-state index in [0.717, 1.165) is 0 Å². The number of carbonyl (C=O) groups is 3. The molecule has 2 rings (SSSR count). The zero-order chi connectivity index (χ0) is 20.7. The maximum absolute atomic E-state index is 13.0. The molecule has 0 aliphatic rings. The summed E-state index contributed by atoms with van der Waals surface area (Å²) in [4.78, 5) is 36.2. The van der Waals surface area contributed by atoms with Crippen molar-refractivity contribution in [2.75, 3.05) is 11.9 Å². The Labute approximate surface area is 162 Å². The molecular formula is C21H23FN2O4. The minimum atomic E-state index is -1.01. The predicted molar refractivity (Wildman–Crippen MR) is 104 cm³/mol. The minimum Gasteiger partial charge on any atom is -0.481 e. The van der Waals surface area contributed by atoms with Crippen LogP contribution in [0.4, 0.5) is 10.1 Å². The van der Waals surface area contributed by atoms with Crippen molar-refractivity contribution in [1.29, 1.82) is 0 Å². The predicted octanol–water partition coefficient (Wildman–Crippen LogP) is 3.70. The molecule has 0 aromatic heterocycles. The van der Waals surface area contributed by atoms with Crippen LogP contribution in [0.15, 0.2) is 48.5 Å². The van der Waals surface area contributed by atoms with Crippen LogP contribution in [0, 0.1) is 11.2 Å². The molecule has 0 aliphatic carbocycles. The van der Waals surface area contributed by atoms with Crippen molar-refractivity contribution in [3.05, 3.63) is 65.5 Å². The van der Waals surface area contributed by atoms with Gasteiger partial charge in [0.25, 0.3) is 11.8 Å². The summed E-state index contributed by atoms with van der Waals surface area (Å²) < 4.78 is 13.0. The molecule has 2 aromatic rings. The zero-order valence-electron chi connectivity index (χ0n) is 15.8. The summed E-state index contributed by atoms with van der Waals surface area (Å²) in [5, 5.41) is 14.8. The molecule has 0 heterocycles. The number of hydrogen-bond acceptors (Lipinski definition) is 3. The fourth-order valence-corrected chi connectivity index (χ4v) is 2.77. The quantitative estimate of drug-likeness (QED) is 0.645. The van der Waals surface area contributed by atoms with Crippen molar-refractivity contribution in [1.82, 2.24) is 5.32 Å². The molecule has 7 heteroatoms. The zero-order valence-corrected chi connectivity index (χ0v) is 15.8. The van der Waals surface area contributed by atoms with Crippen LogP contribution in [0.5, 0.6) is 0 Å². The van der Waals surface area contributed by atoms with Gasteiger partial charge in [0.05, 0.1) is 5.41 Å². The number of carboxylic acids is 1. The Balaban J connectivity index is 2.07. The molecule has 28 heavy (non-hydrogen) atoms. The highest BCUT2D eigenvalue weighted by atomic mass is 19.1. The first-order valence-corrected chi connectivity index (χ1v) is 9.00. The molecule has 2 amide bonds. The number of hydrogen-bond donors (Lipinski definition) is 3. The largest absolute Gasteiger partial charge is 0.481 e. The Hall–Kier alpha value is -3.22. The second-order valence-corrected chi connectivity index (χ2v) is 6.52. The highest BCUT2D eigenvalue weighted by Crippen LogP contribution is 2.26. The Morgan fingerprint density at radius 2 is 1.61 bits per heavy atom. The van der Waals surface area contributed by atoms with Gasteiger partial charge < -0.3 is 15.7 Å². The Morgan fingerprint density at radius 3 is 2.18 bits per heavy atom. The third-order valence-electron chi connectivity index (χ3n) is 4.88. The second-order valence-electron chi connectivity index (χ2n) is 6.52. The number of amides is 2. The van der Waals surface area contributed by atoms with E-state index in [4.69, 9.17) is 0 Å². The van der Waals surface area contributed by atoms with Crippen LogP contribution in [-0.4, -0.2) is 29.4 Å². The number of halogens is 1. The summed E-state index contributed by atoms with van der Waals surface area (Å²) in [7, 11) is 0. The summed E-state index contributed by atoms with van der Waals surface area (Å²) in [6, 6.07) is 11.4. The molecule has 0 bridgehead atoms. The molecule has 0 unspecified atom stereocenters. The molecule has 0 saturated heterocycles. The molecule has 0 saturated carbocycles. The van der Waals surface area contributed by atoms with E-state index < -0.39 is 29.0 Å².